The molecule has 28 heavy (non-hydrogen) atoms. The number of piperazine rings is 1. The summed E-state index contributed by atoms with van der Waals surface area (Å²) in [4.78, 5) is 13.3. The lowest BCUT2D eigenvalue weighted by Gasteiger charge is -2.36. The third kappa shape index (κ3) is 4.64. The molecule has 6 heteroatoms. The molecule has 0 spiro atoms. The Morgan fingerprint density at radius 1 is 0.857 bits per heavy atom. The van der Waals surface area contributed by atoms with Crippen LogP contribution < -0.4 is 15.1 Å². The number of hydrogen-bond acceptors (Lipinski definition) is 5. The number of halogens is 1. The number of pyridine rings is 2. The van der Waals surface area contributed by atoms with E-state index in [-0.39, 0.29) is 5.82 Å². The number of nitrogens with zero attached hydrogens (tertiary/aromatic N) is 4. The minimum absolute atomic E-state index is 0.194. The molecule has 1 saturated heterocycles. The molecule has 1 aromatic carbocycles. The number of aromatic nitrogens is 2. The smallest absolute Gasteiger partial charge is 0.128 e. The van der Waals surface area contributed by atoms with Crippen LogP contribution in [0.4, 0.5) is 15.9 Å². The van der Waals surface area contributed by atoms with E-state index in [1.54, 1.807) is 6.20 Å². The van der Waals surface area contributed by atoms with Crippen molar-refractivity contribution in [2.45, 2.75) is 13.1 Å². The maximum absolute atomic E-state index is 13.1. The quantitative estimate of drug-likeness (QED) is 0.715. The van der Waals surface area contributed by atoms with Crippen LogP contribution in [0.25, 0.3) is 0 Å². The van der Waals surface area contributed by atoms with E-state index < -0.39 is 0 Å². The van der Waals surface area contributed by atoms with Crippen LogP contribution in [0.15, 0.2) is 67.1 Å². The Labute approximate surface area is 164 Å². The van der Waals surface area contributed by atoms with Gasteiger partial charge in [0.05, 0.1) is 0 Å². The van der Waals surface area contributed by atoms with Gasteiger partial charge >= 0.3 is 0 Å². The Balaban J connectivity index is 1.31. The minimum atomic E-state index is -0.194. The molecule has 5 nitrogen and oxygen atoms in total. The van der Waals surface area contributed by atoms with Crippen LogP contribution >= 0.6 is 0 Å². The molecule has 0 unspecified atom stereocenters. The van der Waals surface area contributed by atoms with Gasteiger partial charge in [0.2, 0.25) is 0 Å². The van der Waals surface area contributed by atoms with Crippen molar-refractivity contribution in [1.29, 1.82) is 0 Å². The van der Waals surface area contributed by atoms with Crippen LogP contribution in [0.2, 0.25) is 0 Å². The molecular weight excluding hydrogens is 353 g/mol. The molecule has 3 aromatic rings. The first kappa shape index (κ1) is 18.4. The third-order valence-electron chi connectivity index (χ3n) is 4.99. The fourth-order valence-electron chi connectivity index (χ4n) is 3.44. The normalized spacial score (nSPS) is 14.3. The van der Waals surface area contributed by atoms with Crippen molar-refractivity contribution in [3.8, 4) is 0 Å². The summed E-state index contributed by atoms with van der Waals surface area (Å²) in [6.07, 6.45) is 5.54. The summed E-state index contributed by atoms with van der Waals surface area (Å²) in [5.41, 5.74) is 3.46. The van der Waals surface area contributed by atoms with Crippen molar-refractivity contribution in [2.24, 2.45) is 0 Å². The maximum atomic E-state index is 13.1. The first-order valence-corrected chi connectivity index (χ1v) is 9.58. The maximum Gasteiger partial charge on any atom is 0.128 e. The number of nitrogens with one attached hydrogen (secondary N) is 1. The highest BCUT2D eigenvalue weighted by Crippen LogP contribution is 2.20. The van der Waals surface area contributed by atoms with Crippen molar-refractivity contribution in [1.82, 2.24) is 15.3 Å². The van der Waals surface area contributed by atoms with E-state index in [9.17, 15) is 4.39 Å². The number of hydrogen-bond donors (Lipinski definition) is 1. The standard InChI is InChI=1S/C22H24FN5/c23-20-3-5-21(6-4-20)27-10-12-28(13-11-27)22-14-18(7-9-26-22)15-25-17-19-2-1-8-24-16-19/h1-9,14,16,25H,10-13,15,17H2. The summed E-state index contributed by atoms with van der Waals surface area (Å²) in [5, 5.41) is 3.46. The van der Waals surface area contributed by atoms with Gasteiger partial charge < -0.3 is 15.1 Å². The second-order valence-electron chi connectivity index (χ2n) is 6.94. The van der Waals surface area contributed by atoms with E-state index in [0.717, 1.165) is 50.8 Å². The largest absolute Gasteiger partial charge is 0.368 e. The fourth-order valence-corrected chi connectivity index (χ4v) is 3.44. The molecule has 3 heterocycles. The highest BCUT2D eigenvalue weighted by molar-refractivity contribution is 5.49. The molecule has 1 N–H and O–H groups in total. The SMILES string of the molecule is Fc1ccc(N2CCN(c3cc(CNCc4cccnc4)ccn3)CC2)cc1. The molecule has 0 radical (unpaired) electrons. The Bertz CT molecular complexity index is 877. The molecule has 2 aromatic heterocycles. The molecule has 144 valence electrons. The molecule has 0 amide bonds. The Hall–Kier alpha value is -2.99. The molecule has 4 rings (SSSR count). The summed E-state index contributed by atoms with van der Waals surface area (Å²) < 4.78 is 13.1. The molecular formula is C22H24FN5. The summed E-state index contributed by atoms with van der Waals surface area (Å²) in [6.45, 7) is 5.18. The lowest BCUT2D eigenvalue weighted by molar-refractivity contribution is 0.624. The highest BCUT2D eigenvalue weighted by Gasteiger charge is 2.18. The summed E-state index contributed by atoms with van der Waals surface area (Å²) in [7, 11) is 0. The van der Waals surface area contributed by atoms with Crippen molar-refractivity contribution < 1.29 is 4.39 Å². The number of benzene rings is 1. The van der Waals surface area contributed by atoms with Gasteiger partial charge in [-0.15, -0.1) is 0 Å². The Kier molecular flexibility index (Phi) is 5.77. The van der Waals surface area contributed by atoms with E-state index in [2.05, 4.69) is 43.3 Å². The monoisotopic (exact) mass is 377 g/mol. The molecule has 1 aliphatic heterocycles. The first-order valence-electron chi connectivity index (χ1n) is 9.58. The predicted molar refractivity (Wildman–Crippen MR) is 110 cm³/mol. The van der Waals surface area contributed by atoms with Crippen molar-refractivity contribution in [2.75, 3.05) is 36.0 Å². The molecule has 0 saturated carbocycles. The second kappa shape index (κ2) is 8.80. The Morgan fingerprint density at radius 2 is 1.61 bits per heavy atom. The van der Waals surface area contributed by atoms with Crippen molar-refractivity contribution >= 4 is 11.5 Å². The van der Waals surface area contributed by atoms with E-state index >= 15 is 0 Å². The first-order chi connectivity index (χ1) is 13.8. The van der Waals surface area contributed by atoms with E-state index in [1.807, 2.05) is 30.6 Å². The molecule has 0 aliphatic carbocycles. The van der Waals surface area contributed by atoms with Gasteiger partial charge in [0, 0.05) is 63.5 Å². The van der Waals surface area contributed by atoms with E-state index in [1.165, 1.54) is 23.3 Å². The predicted octanol–water partition coefficient (Wildman–Crippen LogP) is 3.23. The van der Waals surface area contributed by atoms with Gasteiger partial charge in [-0.2, -0.15) is 0 Å². The van der Waals surface area contributed by atoms with Crippen LogP contribution in [-0.4, -0.2) is 36.1 Å². The summed E-state index contributed by atoms with van der Waals surface area (Å²) in [5.74, 6) is 0.819. The van der Waals surface area contributed by atoms with Gasteiger partial charge in [-0.1, -0.05) is 6.07 Å². The van der Waals surface area contributed by atoms with Gasteiger partial charge in [0.1, 0.15) is 11.6 Å². The summed E-state index contributed by atoms with van der Waals surface area (Å²) >= 11 is 0. The Morgan fingerprint density at radius 3 is 2.36 bits per heavy atom. The van der Waals surface area contributed by atoms with Crippen LogP contribution in [0, 0.1) is 5.82 Å². The lowest BCUT2D eigenvalue weighted by Crippen LogP contribution is -2.46. The molecule has 0 atom stereocenters. The average Bonchev–Trinajstić information content (AvgIpc) is 2.75. The second-order valence-corrected chi connectivity index (χ2v) is 6.94. The third-order valence-corrected chi connectivity index (χ3v) is 4.99. The van der Waals surface area contributed by atoms with Gasteiger partial charge in [-0.3, -0.25) is 4.98 Å². The van der Waals surface area contributed by atoms with Gasteiger partial charge in [-0.05, 0) is 53.6 Å². The van der Waals surface area contributed by atoms with Crippen LogP contribution in [0.3, 0.4) is 0 Å². The number of anilines is 2. The van der Waals surface area contributed by atoms with Crippen molar-refractivity contribution in [3.63, 3.8) is 0 Å². The molecule has 1 fully saturated rings. The lowest BCUT2D eigenvalue weighted by atomic mass is 10.2. The molecule has 0 bridgehead atoms. The van der Waals surface area contributed by atoms with Crippen LogP contribution in [0.1, 0.15) is 11.1 Å². The zero-order chi connectivity index (χ0) is 19.2. The van der Waals surface area contributed by atoms with Crippen LogP contribution in [-0.2, 0) is 13.1 Å². The zero-order valence-electron chi connectivity index (χ0n) is 15.8. The topological polar surface area (TPSA) is 44.3 Å². The zero-order valence-corrected chi connectivity index (χ0v) is 15.8. The van der Waals surface area contributed by atoms with Gasteiger partial charge in [-0.25, -0.2) is 9.37 Å². The van der Waals surface area contributed by atoms with E-state index in [4.69, 9.17) is 0 Å². The van der Waals surface area contributed by atoms with Gasteiger partial charge in [0.15, 0.2) is 0 Å². The minimum Gasteiger partial charge on any atom is -0.368 e. The molecule has 1 aliphatic rings. The van der Waals surface area contributed by atoms with Crippen LogP contribution in [0.5, 0.6) is 0 Å². The average molecular weight is 377 g/mol. The van der Waals surface area contributed by atoms with Gasteiger partial charge in [0.25, 0.3) is 0 Å². The fraction of sp³-hybridized carbons (Fsp3) is 0.273. The summed E-state index contributed by atoms with van der Waals surface area (Å²) in [6, 6.07) is 15.0. The highest BCUT2D eigenvalue weighted by atomic mass is 19.1. The number of rotatable bonds is 6. The van der Waals surface area contributed by atoms with E-state index in [0.29, 0.717) is 0 Å². The van der Waals surface area contributed by atoms with Crippen molar-refractivity contribution in [3.05, 3.63) is 84.1 Å².